The molecule has 2 N–H and O–H groups in total. The Morgan fingerprint density at radius 3 is 3.08 bits per heavy atom. The Labute approximate surface area is 68.6 Å². The number of nitrogens with two attached hydrogens (primary N) is 1. The fraction of sp³-hybridized carbons (Fsp3) is 0.125. The summed E-state index contributed by atoms with van der Waals surface area (Å²) in [5.41, 5.74) is 7.39. The third kappa shape index (κ3) is 0.845. The molecule has 12 heavy (non-hydrogen) atoms. The number of hydrogen-bond acceptors (Lipinski definition) is 2. The van der Waals surface area contributed by atoms with Crippen LogP contribution in [0.25, 0.3) is 5.52 Å². The lowest BCUT2D eigenvalue weighted by Crippen LogP contribution is -1.95. The van der Waals surface area contributed by atoms with E-state index in [1.165, 1.54) is 10.7 Å². The maximum atomic E-state index is 12.9. The molecule has 0 saturated heterocycles. The summed E-state index contributed by atoms with van der Waals surface area (Å²) in [7, 11) is 0. The van der Waals surface area contributed by atoms with Crippen molar-refractivity contribution < 1.29 is 4.39 Å². The van der Waals surface area contributed by atoms with Gasteiger partial charge in [0.1, 0.15) is 0 Å². The smallest absolute Gasteiger partial charge is 0.164 e. The maximum absolute atomic E-state index is 12.9. The second kappa shape index (κ2) is 2.20. The molecule has 4 heteroatoms. The molecule has 2 rings (SSSR count). The van der Waals surface area contributed by atoms with E-state index in [1.807, 2.05) is 6.92 Å². The largest absolute Gasteiger partial charge is 0.396 e. The highest BCUT2D eigenvalue weighted by Gasteiger charge is 2.03. The molecule has 0 amide bonds. The first-order valence-corrected chi connectivity index (χ1v) is 3.57. The Hall–Kier alpha value is -1.58. The number of nitrogens with zero attached hydrogens (tertiary/aromatic N) is 2. The molecule has 0 aromatic carbocycles. The molecular weight excluding hydrogens is 157 g/mol. The van der Waals surface area contributed by atoms with Gasteiger partial charge in [0.15, 0.2) is 5.82 Å². The monoisotopic (exact) mass is 165 g/mol. The van der Waals surface area contributed by atoms with Crippen molar-refractivity contribution in [2.45, 2.75) is 6.92 Å². The minimum atomic E-state index is -0.439. The predicted octanol–water partition coefficient (Wildman–Crippen LogP) is 1.36. The topological polar surface area (TPSA) is 43.3 Å². The van der Waals surface area contributed by atoms with Crippen molar-refractivity contribution in [2.24, 2.45) is 0 Å². The first-order chi connectivity index (χ1) is 5.68. The van der Waals surface area contributed by atoms with E-state index in [-0.39, 0.29) is 5.69 Å². The molecule has 0 atom stereocenters. The Morgan fingerprint density at radius 1 is 1.58 bits per heavy atom. The van der Waals surface area contributed by atoms with Crippen molar-refractivity contribution in [3.05, 3.63) is 29.8 Å². The minimum Gasteiger partial charge on any atom is -0.396 e. The van der Waals surface area contributed by atoms with E-state index in [9.17, 15) is 4.39 Å². The van der Waals surface area contributed by atoms with Crippen LogP contribution in [-0.2, 0) is 0 Å². The van der Waals surface area contributed by atoms with Crippen LogP contribution < -0.4 is 5.73 Å². The van der Waals surface area contributed by atoms with Gasteiger partial charge in [-0.15, -0.1) is 0 Å². The molecule has 62 valence electrons. The quantitative estimate of drug-likeness (QED) is 0.640. The highest BCUT2D eigenvalue weighted by molar-refractivity contribution is 5.60. The van der Waals surface area contributed by atoms with Crippen molar-refractivity contribution >= 4 is 11.2 Å². The molecule has 0 aliphatic carbocycles. The van der Waals surface area contributed by atoms with Gasteiger partial charge in [-0.25, -0.2) is 8.91 Å². The van der Waals surface area contributed by atoms with Crippen LogP contribution in [0.15, 0.2) is 18.5 Å². The van der Waals surface area contributed by atoms with Gasteiger partial charge < -0.3 is 5.73 Å². The van der Waals surface area contributed by atoms with Crippen LogP contribution in [0.4, 0.5) is 10.1 Å². The molecule has 0 unspecified atom stereocenters. The van der Waals surface area contributed by atoms with Crippen molar-refractivity contribution in [3.63, 3.8) is 0 Å². The number of hydrogen-bond donors (Lipinski definition) is 1. The maximum Gasteiger partial charge on any atom is 0.164 e. The van der Waals surface area contributed by atoms with E-state index in [0.29, 0.717) is 0 Å². The number of halogens is 1. The lowest BCUT2D eigenvalue weighted by Gasteiger charge is -1.97. The van der Waals surface area contributed by atoms with Crippen LogP contribution in [0.1, 0.15) is 5.56 Å². The van der Waals surface area contributed by atoms with Crippen LogP contribution in [0.3, 0.4) is 0 Å². The van der Waals surface area contributed by atoms with Crippen LogP contribution in [0.5, 0.6) is 0 Å². The Balaban J connectivity index is 2.87. The summed E-state index contributed by atoms with van der Waals surface area (Å²) in [5.74, 6) is -0.439. The molecule has 0 radical (unpaired) electrons. The number of rotatable bonds is 0. The first kappa shape index (κ1) is 7.09. The van der Waals surface area contributed by atoms with Gasteiger partial charge in [-0.1, -0.05) is 0 Å². The second-order valence-electron chi connectivity index (χ2n) is 2.73. The Kier molecular flexibility index (Phi) is 1.30. The van der Waals surface area contributed by atoms with Gasteiger partial charge in [0, 0.05) is 0 Å². The van der Waals surface area contributed by atoms with E-state index in [1.54, 1.807) is 12.3 Å². The van der Waals surface area contributed by atoms with Gasteiger partial charge in [0.2, 0.25) is 0 Å². The third-order valence-corrected chi connectivity index (χ3v) is 1.83. The van der Waals surface area contributed by atoms with Gasteiger partial charge in [-0.3, -0.25) is 0 Å². The highest BCUT2D eigenvalue weighted by Crippen LogP contribution is 2.15. The minimum absolute atomic E-state index is 0.158. The molecule has 2 heterocycles. The average molecular weight is 165 g/mol. The number of fused-ring (bicyclic) bond motifs is 1. The average Bonchev–Trinajstić information content (AvgIpc) is 2.35. The van der Waals surface area contributed by atoms with E-state index >= 15 is 0 Å². The number of nitrogen functional groups attached to an aromatic ring is 1. The molecule has 0 aliphatic rings. The summed E-state index contributed by atoms with van der Waals surface area (Å²) in [6, 6.07) is 1.58. The highest BCUT2D eigenvalue weighted by atomic mass is 19.1. The number of pyridine rings is 1. The van der Waals surface area contributed by atoms with Crippen molar-refractivity contribution in [1.82, 2.24) is 9.61 Å². The summed E-state index contributed by atoms with van der Waals surface area (Å²) in [6.45, 7) is 1.90. The van der Waals surface area contributed by atoms with E-state index in [4.69, 9.17) is 5.73 Å². The third-order valence-electron chi connectivity index (χ3n) is 1.83. The fourth-order valence-corrected chi connectivity index (χ4v) is 1.14. The van der Waals surface area contributed by atoms with E-state index in [2.05, 4.69) is 5.10 Å². The summed E-state index contributed by atoms with van der Waals surface area (Å²) >= 11 is 0. The normalized spacial score (nSPS) is 10.8. The van der Waals surface area contributed by atoms with Gasteiger partial charge in [0.05, 0.1) is 23.6 Å². The number of aromatic nitrogens is 2. The lowest BCUT2D eigenvalue weighted by molar-refractivity contribution is 0.619. The molecule has 3 nitrogen and oxygen atoms in total. The molecule has 2 aromatic rings. The summed E-state index contributed by atoms with van der Waals surface area (Å²) in [5, 5.41) is 3.94. The summed E-state index contributed by atoms with van der Waals surface area (Å²) in [6.07, 6.45) is 2.95. The van der Waals surface area contributed by atoms with Crippen molar-refractivity contribution in [3.8, 4) is 0 Å². The lowest BCUT2D eigenvalue weighted by atomic mass is 10.3. The van der Waals surface area contributed by atoms with Crippen LogP contribution >= 0.6 is 0 Å². The van der Waals surface area contributed by atoms with Gasteiger partial charge in [-0.2, -0.15) is 5.10 Å². The van der Waals surface area contributed by atoms with Gasteiger partial charge in [0.25, 0.3) is 0 Å². The molecule has 2 aromatic heterocycles. The van der Waals surface area contributed by atoms with Crippen molar-refractivity contribution in [2.75, 3.05) is 5.73 Å². The molecular formula is C8H8FN3. The van der Waals surface area contributed by atoms with Crippen LogP contribution in [0.2, 0.25) is 0 Å². The van der Waals surface area contributed by atoms with E-state index < -0.39 is 5.82 Å². The molecule has 0 fully saturated rings. The van der Waals surface area contributed by atoms with E-state index in [0.717, 1.165) is 11.1 Å². The molecule has 0 aliphatic heterocycles. The fourth-order valence-electron chi connectivity index (χ4n) is 1.14. The zero-order chi connectivity index (χ0) is 8.72. The zero-order valence-corrected chi connectivity index (χ0v) is 6.58. The SMILES string of the molecule is Cc1cnn2cc(F)c(N)cc12. The second-order valence-corrected chi connectivity index (χ2v) is 2.73. The van der Waals surface area contributed by atoms with Crippen LogP contribution in [0, 0.1) is 12.7 Å². The molecule has 0 bridgehead atoms. The van der Waals surface area contributed by atoms with Gasteiger partial charge in [-0.05, 0) is 18.6 Å². The number of aryl methyl sites for hydroxylation is 1. The molecule has 0 saturated carbocycles. The summed E-state index contributed by atoms with van der Waals surface area (Å²) in [4.78, 5) is 0. The zero-order valence-electron chi connectivity index (χ0n) is 6.58. The Bertz CT molecular complexity index is 433. The number of anilines is 1. The first-order valence-electron chi connectivity index (χ1n) is 3.57. The predicted molar refractivity (Wildman–Crippen MR) is 44.3 cm³/mol. The van der Waals surface area contributed by atoms with Gasteiger partial charge >= 0.3 is 0 Å². The standard InChI is InChI=1S/C8H8FN3/c1-5-3-11-12-4-6(9)7(10)2-8(5)12/h2-4H,10H2,1H3. The van der Waals surface area contributed by atoms with Crippen molar-refractivity contribution in [1.29, 1.82) is 0 Å². The Morgan fingerprint density at radius 2 is 2.33 bits per heavy atom. The molecule has 0 spiro atoms. The summed E-state index contributed by atoms with van der Waals surface area (Å²) < 4.78 is 14.3. The van der Waals surface area contributed by atoms with Crippen LogP contribution in [-0.4, -0.2) is 9.61 Å².